The molecule has 0 atom stereocenters. The third-order valence-corrected chi connectivity index (χ3v) is 3.65. The molecule has 0 aromatic heterocycles. The van der Waals surface area contributed by atoms with E-state index in [1.807, 2.05) is 26.0 Å². The molecule has 4 heteroatoms. The predicted molar refractivity (Wildman–Crippen MR) is 80.9 cm³/mol. The molecule has 20 heavy (non-hydrogen) atoms. The standard InChI is InChI=1S/C16H24N2O2/c1-15(2,3)12-6-8-13(9-7-12)17-14(19)18-11-20-10-16(18,4)5/h6-9H,10-11H2,1-5H3,(H,17,19). The van der Waals surface area contributed by atoms with Gasteiger partial charge >= 0.3 is 6.03 Å². The summed E-state index contributed by atoms with van der Waals surface area (Å²) in [6.07, 6.45) is 0. The van der Waals surface area contributed by atoms with E-state index in [2.05, 4.69) is 38.2 Å². The number of benzene rings is 1. The number of rotatable bonds is 1. The molecule has 2 amide bonds. The van der Waals surface area contributed by atoms with Crippen LogP contribution in [0.15, 0.2) is 24.3 Å². The second kappa shape index (κ2) is 5.09. The monoisotopic (exact) mass is 276 g/mol. The van der Waals surface area contributed by atoms with Crippen molar-refractivity contribution in [1.82, 2.24) is 4.90 Å². The Morgan fingerprint density at radius 1 is 1.25 bits per heavy atom. The number of urea groups is 1. The van der Waals surface area contributed by atoms with Crippen LogP contribution in [0.25, 0.3) is 0 Å². The third kappa shape index (κ3) is 3.12. The zero-order valence-electron chi connectivity index (χ0n) is 13.0. The Morgan fingerprint density at radius 2 is 1.85 bits per heavy atom. The molecule has 1 aromatic rings. The molecule has 1 heterocycles. The van der Waals surface area contributed by atoms with Crippen LogP contribution in [-0.2, 0) is 10.2 Å². The van der Waals surface area contributed by atoms with Gasteiger partial charge in [-0.2, -0.15) is 0 Å². The molecule has 0 spiro atoms. The third-order valence-electron chi connectivity index (χ3n) is 3.65. The first kappa shape index (κ1) is 14.9. The van der Waals surface area contributed by atoms with Crippen LogP contribution in [0.3, 0.4) is 0 Å². The van der Waals surface area contributed by atoms with Crippen molar-refractivity contribution in [3.63, 3.8) is 0 Å². The molecule has 1 fully saturated rings. The Hall–Kier alpha value is -1.55. The minimum absolute atomic E-state index is 0.115. The van der Waals surface area contributed by atoms with Gasteiger partial charge in [0.25, 0.3) is 0 Å². The van der Waals surface area contributed by atoms with Crippen LogP contribution in [0.2, 0.25) is 0 Å². The summed E-state index contributed by atoms with van der Waals surface area (Å²) in [4.78, 5) is 14.0. The number of nitrogens with one attached hydrogen (secondary N) is 1. The Kier molecular flexibility index (Phi) is 3.78. The highest BCUT2D eigenvalue weighted by molar-refractivity contribution is 5.89. The zero-order chi connectivity index (χ0) is 15.0. The second-order valence-corrected chi connectivity index (χ2v) is 6.98. The summed E-state index contributed by atoms with van der Waals surface area (Å²) in [7, 11) is 0. The number of nitrogens with zero attached hydrogens (tertiary/aromatic N) is 1. The van der Waals surface area contributed by atoms with Crippen LogP contribution in [0.4, 0.5) is 10.5 Å². The average Bonchev–Trinajstić information content (AvgIpc) is 2.68. The summed E-state index contributed by atoms with van der Waals surface area (Å²) >= 11 is 0. The zero-order valence-corrected chi connectivity index (χ0v) is 13.0. The fraction of sp³-hybridized carbons (Fsp3) is 0.562. The highest BCUT2D eigenvalue weighted by atomic mass is 16.5. The van der Waals surface area contributed by atoms with E-state index in [9.17, 15) is 4.79 Å². The van der Waals surface area contributed by atoms with Gasteiger partial charge in [0.1, 0.15) is 6.73 Å². The van der Waals surface area contributed by atoms with Gasteiger partial charge in [-0.3, -0.25) is 4.90 Å². The molecule has 0 radical (unpaired) electrons. The van der Waals surface area contributed by atoms with Crippen LogP contribution in [0.5, 0.6) is 0 Å². The quantitative estimate of drug-likeness (QED) is 0.851. The number of hydrogen-bond donors (Lipinski definition) is 1. The van der Waals surface area contributed by atoms with E-state index in [1.165, 1.54) is 5.56 Å². The summed E-state index contributed by atoms with van der Waals surface area (Å²) in [5.41, 5.74) is 1.92. The first-order valence-electron chi connectivity index (χ1n) is 6.97. The van der Waals surface area contributed by atoms with E-state index in [0.717, 1.165) is 5.69 Å². The van der Waals surface area contributed by atoms with Crippen molar-refractivity contribution in [1.29, 1.82) is 0 Å². The Morgan fingerprint density at radius 3 is 2.30 bits per heavy atom. The lowest BCUT2D eigenvalue weighted by Gasteiger charge is -2.29. The van der Waals surface area contributed by atoms with E-state index >= 15 is 0 Å². The Bertz CT molecular complexity index is 486. The number of carbonyl (C=O) groups is 1. The van der Waals surface area contributed by atoms with Crippen molar-refractivity contribution in [3.05, 3.63) is 29.8 Å². The SMILES string of the molecule is CC(C)(C)c1ccc(NC(=O)N2COCC2(C)C)cc1. The summed E-state index contributed by atoms with van der Waals surface area (Å²) < 4.78 is 5.36. The lowest BCUT2D eigenvalue weighted by Crippen LogP contribution is -2.46. The summed E-state index contributed by atoms with van der Waals surface area (Å²) in [5, 5.41) is 2.93. The maximum absolute atomic E-state index is 12.2. The van der Waals surface area contributed by atoms with Gasteiger partial charge in [0.2, 0.25) is 0 Å². The smallest absolute Gasteiger partial charge is 0.324 e. The normalized spacial score (nSPS) is 18.1. The van der Waals surface area contributed by atoms with E-state index in [4.69, 9.17) is 4.74 Å². The minimum Gasteiger partial charge on any atom is -0.359 e. The molecule has 1 aliphatic heterocycles. The molecule has 0 aliphatic carbocycles. The van der Waals surface area contributed by atoms with Crippen molar-refractivity contribution in [3.8, 4) is 0 Å². The van der Waals surface area contributed by atoms with Gasteiger partial charge in [-0.1, -0.05) is 32.9 Å². The lowest BCUT2D eigenvalue weighted by atomic mass is 9.87. The largest absolute Gasteiger partial charge is 0.359 e. The maximum Gasteiger partial charge on any atom is 0.324 e. The van der Waals surface area contributed by atoms with Crippen LogP contribution in [-0.4, -0.2) is 29.8 Å². The van der Waals surface area contributed by atoms with Gasteiger partial charge in [-0.15, -0.1) is 0 Å². The van der Waals surface area contributed by atoms with Gasteiger partial charge in [0, 0.05) is 5.69 Å². The molecule has 1 aromatic carbocycles. The van der Waals surface area contributed by atoms with Crippen LogP contribution in [0.1, 0.15) is 40.2 Å². The van der Waals surface area contributed by atoms with Gasteiger partial charge in [0.15, 0.2) is 0 Å². The van der Waals surface area contributed by atoms with Gasteiger partial charge < -0.3 is 10.1 Å². The number of carbonyl (C=O) groups excluding carboxylic acids is 1. The van der Waals surface area contributed by atoms with Crippen molar-refractivity contribution >= 4 is 11.7 Å². The van der Waals surface area contributed by atoms with Crippen LogP contribution >= 0.6 is 0 Å². The lowest BCUT2D eigenvalue weighted by molar-refractivity contribution is 0.147. The highest BCUT2D eigenvalue weighted by Gasteiger charge is 2.36. The van der Waals surface area contributed by atoms with Crippen molar-refractivity contribution in [2.75, 3.05) is 18.7 Å². The average molecular weight is 276 g/mol. The molecule has 1 aliphatic rings. The van der Waals surface area contributed by atoms with Gasteiger partial charge in [-0.05, 0) is 37.0 Å². The van der Waals surface area contributed by atoms with E-state index in [1.54, 1.807) is 4.90 Å². The molecule has 2 rings (SSSR count). The molecular weight excluding hydrogens is 252 g/mol. The van der Waals surface area contributed by atoms with Crippen LogP contribution in [0, 0.1) is 0 Å². The van der Waals surface area contributed by atoms with Crippen molar-refractivity contribution in [2.45, 2.75) is 45.6 Å². The van der Waals surface area contributed by atoms with Gasteiger partial charge in [-0.25, -0.2) is 4.79 Å². The fourth-order valence-corrected chi connectivity index (χ4v) is 2.22. The summed E-state index contributed by atoms with van der Waals surface area (Å²) in [5.74, 6) is 0. The topological polar surface area (TPSA) is 41.6 Å². The number of hydrogen-bond acceptors (Lipinski definition) is 2. The summed E-state index contributed by atoms with van der Waals surface area (Å²) in [6.45, 7) is 11.4. The second-order valence-electron chi connectivity index (χ2n) is 6.98. The first-order chi connectivity index (χ1) is 9.20. The van der Waals surface area contributed by atoms with E-state index in [0.29, 0.717) is 13.3 Å². The molecule has 1 N–H and O–H groups in total. The Balaban J connectivity index is 2.05. The molecule has 0 saturated carbocycles. The highest BCUT2D eigenvalue weighted by Crippen LogP contribution is 2.25. The van der Waals surface area contributed by atoms with E-state index < -0.39 is 0 Å². The Labute approximate surface area is 121 Å². The molecule has 0 unspecified atom stereocenters. The van der Waals surface area contributed by atoms with Crippen molar-refractivity contribution < 1.29 is 9.53 Å². The maximum atomic E-state index is 12.2. The molecule has 4 nitrogen and oxygen atoms in total. The minimum atomic E-state index is -0.255. The number of ether oxygens (including phenoxy) is 1. The fourth-order valence-electron chi connectivity index (χ4n) is 2.22. The molecule has 0 bridgehead atoms. The van der Waals surface area contributed by atoms with Gasteiger partial charge in [0.05, 0.1) is 12.1 Å². The number of amides is 2. The summed E-state index contributed by atoms with van der Waals surface area (Å²) in [6, 6.07) is 7.89. The number of anilines is 1. The predicted octanol–water partition coefficient (Wildman–Crippen LogP) is 3.58. The molecule has 110 valence electrons. The first-order valence-corrected chi connectivity index (χ1v) is 6.97. The molecule has 1 saturated heterocycles. The van der Waals surface area contributed by atoms with E-state index in [-0.39, 0.29) is 17.0 Å². The molecular formula is C16H24N2O2. The van der Waals surface area contributed by atoms with Crippen LogP contribution < -0.4 is 5.32 Å². The van der Waals surface area contributed by atoms with Crippen molar-refractivity contribution in [2.24, 2.45) is 0 Å².